The molecule has 5 nitrogen and oxygen atoms in total. The van der Waals surface area contributed by atoms with Crippen LogP contribution in [0.2, 0.25) is 0 Å². The Morgan fingerprint density at radius 3 is 2.86 bits per heavy atom. The molecule has 3 rings (SSSR count). The molecule has 2 N–H and O–H groups in total. The van der Waals surface area contributed by atoms with E-state index < -0.39 is 0 Å². The SMILES string of the molecule is CN=C(NCc1cccc2c1OCO2)NCC1CCC1.I. The van der Waals surface area contributed by atoms with Gasteiger partial charge in [0.2, 0.25) is 6.79 Å². The topological polar surface area (TPSA) is 54.9 Å². The molecule has 0 atom stereocenters. The second-order valence-electron chi connectivity index (χ2n) is 5.25. The average molecular weight is 403 g/mol. The van der Waals surface area contributed by atoms with Crippen LogP contribution in [0.5, 0.6) is 11.5 Å². The lowest BCUT2D eigenvalue weighted by atomic mass is 9.85. The quantitative estimate of drug-likeness (QED) is 0.461. The zero-order chi connectivity index (χ0) is 13.8. The van der Waals surface area contributed by atoms with E-state index in [1.807, 2.05) is 18.2 Å². The Kier molecular flexibility index (Phi) is 5.96. The highest BCUT2D eigenvalue weighted by molar-refractivity contribution is 14.0. The van der Waals surface area contributed by atoms with Gasteiger partial charge in [0.15, 0.2) is 17.5 Å². The molecule has 116 valence electrons. The predicted octanol–water partition coefficient (Wildman–Crippen LogP) is 2.50. The summed E-state index contributed by atoms with van der Waals surface area (Å²) < 4.78 is 10.9. The van der Waals surface area contributed by atoms with Crippen LogP contribution in [-0.4, -0.2) is 26.3 Å². The number of benzene rings is 1. The van der Waals surface area contributed by atoms with E-state index in [0.717, 1.165) is 35.5 Å². The molecule has 1 aromatic carbocycles. The molecule has 0 saturated heterocycles. The van der Waals surface area contributed by atoms with Crippen LogP contribution >= 0.6 is 24.0 Å². The van der Waals surface area contributed by atoms with E-state index in [0.29, 0.717) is 13.3 Å². The van der Waals surface area contributed by atoms with Crippen LogP contribution in [0, 0.1) is 5.92 Å². The molecule has 0 aromatic heterocycles. The molecule has 1 saturated carbocycles. The Bertz CT molecular complexity index is 504. The normalized spacial score (nSPS) is 16.9. The van der Waals surface area contributed by atoms with Crippen LogP contribution in [0.1, 0.15) is 24.8 Å². The van der Waals surface area contributed by atoms with E-state index in [1.54, 1.807) is 7.05 Å². The van der Waals surface area contributed by atoms with E-state index in [-0.39, 0.29) is 24.0 Å². The van der Waals surface area contributed by atoms with E-state index in [2.05, 4.69) is 15.6 Å². The minimum Gasteiger partial charge on any atom is -0.454 e. The standard InChI is InChI=1S/C15H21N3O2.HI/c1-16-15(17-8-11-4-2-5-11)18-9-12-6-3-7-13-14(12)20-10-19-13;/h3,6-7,11H,2,4-5,8-10H2,1H3,(H2,16,17,18);1H. The molecule has 1 heterocycles. The summed E-state index contributed by atoms with van der Waals surface area (Å²) in [6.45, 7) is 1.99. The Hall–Kier alpha value is -1.18. The third-order valence-electron chi connectivity index (χ3n) is 3.93. The number of hydrogen-bond acceptors (Lipinski definition) is 3. The monoisotopic (exact) mass is 403 g/mol. The molecule has 1 aliphatic carbocycles. The van der Waals surface area contributed by atoms with E-state index in [4.69, 9.17) is 9.47 Å². The van der Waals surface area contributed by atoms with Crippen molar-refractivity contribution in [2.75, 3.05) is 20.4 Å². The lowest BCUT2D eigenvalue weighted by Gasteiger charge is -2.26. The smallest absolute Gasteiger partial charge is 0.231 e. The molecule has 1 aromatic rings. The summed E-state index contributed by atoms with van der Waals surface area (Å²) in [6.07, 6.45) is 4.04. The van der Waals surface area contributed by atoms with Crippen molar-refractivity contribution in [3.63, 3.8) is 0 Å². The molecule has 6 heteroatoms. The van der Waals surface area contributed by atoms with Gasteiger partial charge in [-0.3, -0.25) is 4.99 Å². The third kappa shape index (κ3) is 3.93. The molecule has 2 aliphatic rings. The summed E-state index contributed by atoms with van der Waals surface area (Å²) in [5.74, 6) is 3.32. The summed E-state index contributed by atoms with van der Waals surface area (Å²) in [7, 11) is 1.80. The number of nitrogens with one attached hydrogen (secondary N) is 2. The number of rotatable bonds is 4. The number of aliphatic imine (C=N–C) groups is 1. The molecule has 0 unspecified atom stereocenters. The fourth-order valence-electron chi connectivity index (χ4n) is 2.47. The first kappa shape index (κ1) is 16.2. The van der Waals surface area contributed by atoms with Crippen LogP contribution in [0.4, 0.5) is 0 Å². The van der Waals surface area contributed by atoms with Gasteiger partial charge in [0.25, 0.3) is 0 Å². The van der Waals surface area contributed by atoms with Gasteiger partial charge < -0.3 is 20.1 Å². The highest BCUT2D eigenvalue weighted by Crippen LogP contribution is 2.35. The molecule has 1 fully saturated rings. The Morgan fingerprint density at radius 2 is 2.14 bits per heavy atom. The fourth-order valence-corrected chi connectivity index (χ4v) is 2.47. The van der Waals surface area contributed by atoms with Crippen LogP contribution in [0.3, 0.4) is 0 Å². The van der Waals surface area contributed by atoms with Crippen molar-refractivity contribution in [3.8, 4) is 11.5 Å². The number of fused-ring (bicyclic) bond motifs is 1. The van der Waals surface area contributed by atoms with E-state index >= 15 is 0 Å². The molecule has 0 amide bonds. The minimum absolute atomic E-state index is 0. The van der Waals surface area contributed by atoms with Crippen molar-refractivity contribution in [3.05, 3.63) is 23.8 Å². The molecule has 21 heavy (non-hydrogen) atoms. The molecule has 0 spiro atoms. The zero-order valence-electron chi connectivity index (χ0n) is 12.2. The van der Waals surface area contributed by atoms with Gasteiger partial charge in [-0.1, -0.05) is 18.6 Å². The minimum atomic E-state index is 0. The van der Waals surface area contributed by atoms with Crippen LogP contribution < -0.4 is 20.1 Å². The van der Waals surface area contributed by atoms with Crippen molar-refractivity contribution in [1.29, 1.82) is 0 Å². The molecule has 1 aliphatic heterocycles. The maximum atomic E-state index is 5.50. The maximum Gasteiger partial charge on any atom is 0.231 e. The second kappa shape index (κ2) is 7.72. The summed E-state index contributed by atoms with van der Waals surface area (Å²) in [4.78, 5) is 4.25. The van der Waals surface area contributed by atoms with Crippen LogP contribution in [-0.2, 0) is 6.54 Å². The van der Waals surface area contributed by atoms with Gasteiger partial charge in [-0.2, -0.15) is 0 Å². The number of nitrogens with zero attached hydrogens (tertiary/aromatic N) is 1. The van der Waals surface area contributed by atoms with Crippen molar-refractivity contribution in [1.82, 2.24) is 10.6 Å². The average Bonchev–Trinajstić information content (AvgIpc) is 2.89. The molecule has 0 bridgehead atoms. The van der Waals surface area contributed by atoms with Gasteiger partial charge in [-0.05, 0) is 24.8 Å². The molecular formula is C15H22IN3O2. The van der Waals surface area contributed by atoms with Crippen LogP contribution in [0.25, 0.3) is 0 Å². The summed E-state index contributed by atoms with van der Waals surface area (Å²) in [6, 6.07) is 5.95. The molecule has 0 radical (unpaired) electrons. The van der Waals surface area contributed by atoms with Gasteiger partial charge in [0.05, 0.1) is 0 Å². The largest absolute Gasteiger partial charge is 0.454 e. The van der Waals surface area contributed by atoms with Crippen molar-refractivity contribution in [2.45, 2.75) is 25.8 Å². The summed E-state index contributed by atoms with van der Waals surface area (Å²) in [5.41, 5.74) is 1.09. The predicted molar refractivity (Wildman–Crippen MR) is 93.5 cm³/mol. The van der Waals surface area contributed by atoms with E-state index in [1.165, 1.54) is 19.3 Å². The zero-order valence-corrected chi connectivity index (χ0v) is 14.6. The van der Waals surface area contributed by atoms with Crippen molar-refractivity contribution >= 4 is 29.9 Å². The second-order valence-corrected chi connectivity index (χ2v) is 5.25. The van der Waals surface area contributed by atoms with Crippen molar-refractivity contribution in [2.24, 2.45) is 10.9 Å². The van der Waals surface area contributed by atoms with Crippen LogP contribution in [0.15, 0.2) is 23.2 Å². The van der Waals surface area contributed by atoms with E-state index in [9.17, 15) is 0 Å². The Balaban J connectivity index is 0.00000161. The first-order chi connectivity index (χ1) is 9.86. The van der Waals surface area contributed by atoms with Gasteiger partial charge in [-0.15, -0.1) is 24.0 Å². The van der Waals surface area contributed by atoms with Gasteiger partial charge in [0, 0.05) is 25.7 Å². The number of para-hydroxylation sites is 1. The summed E-state index contributed by atoms with van der Waals surface area (Å²) >= 11 is 0. The van der Waals surface area contributed by atoms with Crippen molar-refractivity contribution < 1.29 is 9.47 Å². The van der Waals surface area contributed by atoms with Gasteiger partial charge >= 0.3 is 0 Å². The first-order valence-corrected chi connectivity index (χ1v) is 7.19. The number of hydrogen-bond donors (Lipinski definition) is 2. The number of guanidine groups is 1. The highest BCUT2D eigenvalue weighted by atomic mass is 127. The number of ether oxygens (including phenoxy) is 2. The third-order valence-corrected chi connectivity index (χ3v) is 3.93. The maximum absolute atomic E-state index is 5.50. The Labute approximate surface area is 142 Å². The van der Waals surface area contributed by atoms with Gasteiger partial charge in [0.1, 0.15) is 0 Å². The lowest BCUT2D eigenvalue weighted by molar-refractivity contribution is 0.173. The first-order valence-electron chi connectivity index (χ1n) is 7.19. The highest BCUT2D eigenvalue weighted by Gasteiger charge is 2.18. The number of halogens is 1. The summed E-state index contributed by atoms with van der Waals surface area (Å²) in [5, 5.41) is 6.70. The Morgan fingerprint density at radius 1 is 1.29 bits per heavy atom. The van der Waals surface area contributed by atoms with Gasteiger partial charge in [-0.25, -0.2) is 0 Å². The fraction of sp³-hybridized carbons (Fsp3) is 0.533. The lowest BCUT2D eigenvalue weighted by Crippen LogP contribution is -2.40. The molecular weight excluding hydrogens is 381 g/mol.